The first kappa shape index (κ1) is 48.6. The summed E-state index contributed by atoms with van der Waals surface area (Å²) < 4.78 is 32.0. The largest absolute Gasteiger partial charge is 0.382 e. The Morgan fingerprint density at radius 1 is 0.797 bits per heavy atom. The second kappa shape index (κ2) is 21.3. The molecule has 6 aliphatic rings. The van der Waals surface area contributed by atoms with Gasteiger partial charge in [-0.05, 0) is 92.5 Å². The molecule has 4 atom stereocenters. The van der Waals surface area contributed by atoms with Gasteiger partial charge in [0.2, 0.25) is 29.5 Å². The highest BCUT2D eigenvalue weighted by atomic mass is 35.5. The Balaban J connectivity index is 0.666. The van der Waals surface area contributed by atoms with Gasteiger partial charge in [0.05, 0.1) is 45.7 Å². The predicted octanol–water partition coefficient (Wildman–Crippen LogP) is 4.84. The normalized spacial score (nSPS) is 25.9. The van der Waals surface area contributed by atoms with E-state index in [1.807, 2.05) is 18.2 Å². The van der Waals surface area contributed by atoms with E-state index < -0.39 is 40.7 Å². The first-order valence-electron chi connectivity index (χ1n) is 24.5. The Morgan fingerprint density at radius 3 is 2.26 bits per heavy atom. The van der Waals surface area contributed by atoms with Gasteiger partial charge in [-0.15, -0.1) is 0 Å². The van der Waals surface area contributed by atoms with E-state index in [0.717, 1.165) is 36.1 Å². The number of rotatable bonds is 18. The minimum Gasteiger partial charge on any atom is -0.382 e. The molecule has 2 saturated carbocycles. The lowest BCUT2D eigenvalue weighted by atomic mass is 9.55. The second-order valence-corrected chi connectivity index (χ2v) is 19.5. The van der Waals surface area contributed by atoms with Crippen LogP contribution in [0.5, 0.6) is 0 Å². The van der Waals surface area contributed by atoms with E-state index in [9.17, 15) is 28.8 Å². The molecule has 4 aliphatic heterocycles. The second-order valence-electron chi connectivity index (χ2n) is 19.1. The van der Waals surface area contributed by atoms with E-state index in [1.165, 1.54) is 17.0 Å². The molecule has 6 amide bonds. The smallest absolute Gasteiger partial charge is 0.255 e. The van der Waals surface area contributed by atoms with Crippen LogP contribution in [0.15, 0.2) is 60.7 Å². The third-order valence-corrected chi connectivity index (χ3v) is 15.3. The van der Waals surface area contributed by atoms with Crippen molar-refractivity contribution < 1.29 is 47.4 Å². The van der Waals surface area contributed by atoms with Crippen molar-refractivity contribution in [2.45, 2.75) is 112 Å². The highest BCUT2D eigenvalue weighted by molar-refractivity contribution is 6.31. The van der Waals surface area contributed by atoms with Gasteiger partial charge in [-0.3, -0.25) is 39.4 Å². The molecule has 0 aromatic heterocycles. The lowest BCUT2D eigenvalue weighted by molar-refractivity contribution is -0.137. The van der Waals surface area contributed by atoms with Gasteiger partial charge in [-0.1, -0.05) is 55.1 Å². The summed E-state index contributed by atoms with van der Waals surface area (Å²) in [7, 11) is 0. The lowest BCUT2D eigenvalue weighted by Crippen LogP contribution is -2.60. The summed E-state index contributed by atoms with van der Waals surface area (Å²) in [5, 5.41) is 19.3. The number of nitrogens with one attached hydrogen (secondary N) is 6. The van der Waals surface area contributed by atoms with Gasteiger partial charge in [0.1, 0.15) is 17.3 Å². The quantitative estimate of drug-likeness (QED) is 0.0752. The highest BCUT2D eigenvalue weighted by Gasteiger charge is 2.72. The number of anilines is 2. The maximum absolute atomic E-state index is 15.0. The van der Waals surface area contributed by atoms with E-state index >= 15 is 4.39 Å². The summed E-state index contributed by atoms with van der Waals surface area (Å²) in [6.07, 6.45) is 7.17. The fourth-order valence-electron chi connectivity index (χ4n) is 11.9. The highest BCUT2D eigenvalue weighted by Crippen LogP contribution is 2.62. The van der Waals surface area contributed by atoms with Crippen molar-refractivity contribution in [3.05, 3.63) is 93.8 Å². The van der Waals surface area contributed by atoms with E-state index in [0.29, 0.717) is 126 Å². The maximum atomic E-state index is 15.0. The third kappa shape index (κ3) is 9.85. The zero-order valence-electron chi connectivity index (χ0n) is 38.7. The number of hydrogen-bond acceptors (Lipinski definition) is 11. The molecule has 2 saturated heterocycles. The van der Waals surface area contributed by atoms with Crippen LogP contribution in [0.1, 0.15) is 104 Å². The van der Waals surface area contributed by atoms with E-state index in [2.05, 4.69) is 31.9 Å². The molecular weight excluding hydrogens is 909 g/mol. The number of carbonyl (C=O) groups excluding carboxylic acids is 6. The van der Waals surface area contributed by atoms with Crippen LogP contribution < -0.4 is 31.9 Å². The summed E-state index contributed by atoms with van der Waals surface area (Å²) in [5.41, 5.74) is 2.25. The van der Waals surface area contributed by atoms with Gasteiger partial charge in [0.15, 0.2) is 0 Å². The Hall–Kier alpha value is -5.46. The van der Waals surface area contributed by atoms with Crippen molar-refractivity contribution in [2.75, 3.05) is 63.4 Å². The van der Waals surface area contributed by atoms with E-state index in [4.69, 9.17) is 25.8 Å². The van der Waals surface area contributed by atoms with Crippen LogP contribution in [0.4, 0.5) is 15.8 Å². The minimum atomic E-state index is -1.17. The summed E-state index contributed by atoms with van der Waals surface area (Å²) in [4.78, 5) is 80.9. The van der Waals surface area contributed by atoms with Crippen LogP contribution in [-0.4, -0.2) is 117 Å². The van der Waals surface area contributed by atoms with Crippen LogP contribution in [0, 0.1) is 11.7 Å². The number of halogens is 2. The van der Waals surface area contributed by atoms with E-state index in [-0.39, 0.29) is 47.9 Å². The number of fused-ring (bicyclic) bond motifs is 4. The summed E-state index contributed by atoms with van der Waals surface area (Å²) in [5.74, 6) is -2.76. The average Bonchev–Trinajstić information content (AvgIpc) is 3.94. The minimum absolute atomic E-state index is 0.0403. The summed E-state index contributed by atoms with van der Waals surface area (Å²) in [6.45, 7) is 3.40. The number of imide groups is 1. The Bertz CT molecular complexity index is 2450. The monoisotopic (exact) mass is 969 g/mol. The topological polar surface area (TPSA) is 206 Å². The van der Waals surface area contributed by atoms with Crippen molar-refractivity contribution in [3.8, 4) is 0 Å². The molecule has 1 unspecified atom stereocenters. The zero-order chi connectivity index (χ0) is 48.1. The van der Waals surface area contributed by atoms with Crippen LogP contribution in [0.2, 0.25) is 5.02 Å². The number of carbonyl (C=O) groups is 6. The molecule has 3 aromatic carbocycles. The van der Waals surface area contributed by atoms with Gasteiger partial charge in [0.25, 0.3) is 5.91 Å². The number of piperidine rings is 1. The number of ether oxygens (including phenoxy) is 3. The molecule has 4 heterocycles. The van der Waals surface area contributed by atoms with Crippen LogP contribution >= 0.6 is 11.6 Å². The molecule has 368 valence electrons. The van der Waals surface area contributed by atoms with Crippen LogP contribution in [0.3, 0.4) is 0 Å². The summed E-state index contributed by atoms with van der Waals surface area (Å²) >= 11 is 6.41. The Kier molecular flexibility index (Phi) is 15.0. The summed E-state index contributed by atoms with van der Waals surface area (Å²) in [6, 6.07) is 15.5. The molecule has 3 aromatic rings. The van der Waals surface area contributed by atoms with Gasteiger partial charge in [0, 0.05) is 77.0 Å². The molecule has 0 bridgehead atoms. The van der Waals surface area contributed by atoms with Crippen LogP contribution in [0.25, 0.3) is 0 Å². The molecule has 0 radical (unpaired) electrons. The SMILES string of the molecule is O=C1CCC(N2Cc3c(NCCOCCOCCOCCNC(=O)C4CCC(NC(=O)[C@@H]5NC6(CCCCC6)[C@@]6(C(=O)Nc7cc(Cl)ccc76)[C@H]5c5cccc(F)c5)CC4)cccc3C2=O)C(=O)N1. The number of benzene rings is 3. The molecule has 16 nitrogen and oxygen atoms in total. The van der Waals surface area contributed by atoms with Crippen molar-refractivity contribution in [1.29, 1.82) is 0 Å². The first-order chi connectivity index (χ1) is 33.5. The van der Waals surface area contributed by atoms with Gasteiger partial charge < -0.3 is 40.4 Å². The van der Waals surface area contributed by atoms with Gasteiger partial charge in [-0.25, -0.2) is 4.39 Å². The molecule has 18 heteroatoms. The number of hydrogen-bond donors (Lipinski definition) is 6. The number of nitrogens with zero attached hydrogens (tertiary/aromatic N) is 1. The first-order valence-corrected chi connectivity index (χ1v) is 24.8. The average molecular weight is 971 g/mol. The molecule has 6 N–H and O–H groups in total. The Labute approximate surface area is 405 Å². The molecule has 9 rings (SSSR count). The third-order valence-electron chi connectivity index (χ3n) is 15.1. The molecular formula is C51H61ClFN7O9. The molecule has 2 aliphatic carbocycles. The van der Waals surface area contributed by atoms with Crippen LogP contribution in [-0.2, 0) is 50.1 Å². The van der Waals surface area contributed by atoms with Crippen molar-refractivity contribution in [3.63, 3.8) is 0 Å². The fraction of sp³-hybridized carbons (Fsp3) is 0.529. The van der Waals surface area contributed by atoms with Gasteiger partial charge in [-0.2, -0.15) is 0 Å². The Morgan fingerprint density at radius 2 is 1.52 bits per heavy atom. The molecule has 4 fully saturated rings. The van der Waals surface area contributed by atoms with Crippen molar-refractivity contribution >= 4 is 58.4 Å². The molecule has 69 heavy (non-hydrogen) atoms. The predicted molar refractivity (Wildman–Crippen MR) is 254 cm³/mol. The lowest BCUT2D eigenvalue weighted by Gasteiger charge is -2.47. The van der Waals surface area contributed by atoms with Gasteiger partial charge >= 0.3 is 0 Å². The van der Waals surface area contributed by atoms with Crippen molar-refractivity contribution in [2.24, 2.45) is 5.92 Å². The zero-order valence-corrected chi connectivity index (χ0v) is 39.4. The van der Waals surface area contributed by atoms with E-state index in [1.54, 1.807) is 30.3 Å². The number of amides is 6. The standard InChI is InChI=1S/C51H61ClFN7O9/c52-33-12-15-38-40(29-33)57-49(66)51(38)43(32-6-4-7-34(53)28-32)44(59-50(51)18-2-1-3-19-50)47(64)56-35-13-10-31(11-14-35)45(62)55-21-23-68-25-27-69-26-24-67-22-20-54-39-9-5-8-36-37(39)30-60(48(36)65)41-16-17-42(61)58-46(41)63/h4-9,12,15,28-29,31,35,41,43-44,54,59H,1-3,10-11,13-14,16-27,30H2,(H,55,62)(H,56,64)(H,57,66)(H,58,61,63)/t31?,35?,41?,43-,44+,51+/m0/s1. The van der Waals surface area contributed by atoms with Crippen molar-refractivity contribution in [1.82, 2.24) is 26.2 Å². The maximum Gasteiger partial charge on any atom is 0.255 e. The molecule has 2 spiro atoms. The fourth-order valence-corrected chi connectivity index (χ4v) is 12.1.